The molecule has 0 spiro atoms. The van der Waals surface area contributed by atoms with E-state index in [1.165, 1.54) is 0 Å². The van der Waals surface area contributed by atoms with Crippen molar-refractivity contribution in [3.05, 3.63) is 0 Å². The first-order valence-corrected chi connectivity index (χ1v) is 5.43. The number of halogens is 2. The van der Waals surface area contributed by atoms with Gasteiger partial charge in [0.05, 0.1) is 12.0 Å². The highest BCUT2D eigenvalue weighted by atomic mass is 19.3. The smallest absolute Gasteiger partial charge is 0.377 e. The number of carbonyl (C=O) groups excluding carboxylic acids is 1. The molecule has 92 valence electrons. The minimum absolute atomic E-state index is 0.170. The fourth-order valence-electron chi connectivity index (χ4n) is 1.99. The third-order valence-corrected chi connectivity index (χ3v) is 3.17. The van der Waals surface area contributed by atoms with Crippen LogP contribution in [0.3, 0.4) is 0 Å². The monoisotopic (exact) mass is 235 g/mol. The van der Waals surface area contributed by atoms with Crippen LogP contribution >= 0.6 is 0 Å². The van der Waals surface area contributed by atoms with E-state index in [9.17, 15) is 18.7 Å². The van der Waals surface area contributed by atoms with E-state index >= 15 is 0 Å². The Kier molecular flexibility index (Phi) is 2.88. The Morgan fingerprint density at radius 1 is 1.50 bits per heavy atom. The standard InChI is InChI=1S/C10H15F2NO3/c11-10(12)4-7(16-8(10)14)5-13-6-9(15)2-1-3-9/h7,13,15H,1-6H2. The Bertz CT molecular complexity index is 292. The number of hydrogen-bond acceptors (Lipinski definition) is 4. The summed E-state index contributed by atoms with van der Waals surface area (Å²) in [6.45, 7) is 0.538. The molecule has 0 radical (unpaired) electrons. The lowest BCUT2D eigenvalue weighted by atomic mass is 9.80. The zero-order valence-electron chi connectivity index (χ0n) is 8.84. The minimum Gasteiger partial charge on any atom is -0.456 e. The van der Waals surface area contributed by atoms with Crippen LogP contribution in [-0.4, -0.2) is 41.8 Å². The summed E-state index contributed by atoms with van der Waals surface area (Å²) in [7, 11) is 0. The summed E-state index contributed by atoms with van der Waals surface area (Å²) in [5.74, 6) is -4.79. The van der Waals surface area contributed by atoms with Crippen molar-refractivity contribution in [1.29, 1.82) is 0 Å². The number of aliphatic hydroxyl groups is 1. The molecule has 1 atom stereocenters. The Hall–Kier alpha value is -0.750. The van der Waals surface area contributed by atoms with E-state index in [0.717, 1.165) is 19.3 Å². The molecule has 1 unspecified atom stereocenters. The fraction of sp³-hybridized carbons (Fsp3) is 0.900. The van der Waals surface area contributed by atoms with Gasteiger partial charge in [-0.3, -0.25) is 0 Å². The molecule has 1 saturated heterocycles. The molecule has 2 aliphatic rings. The predicted octanol–water partition coefficient (Wildman–Crippen LogP) is 0.442. The minimum atomic E-state index is -3.35. The van der Waals surface area contributed by atoms with Gasteiger partial charge in [-0.2, -0.15) is 8.78 Å². The van der Waals surface area contributed by atoms with Crippen LogP contribution in [0.1, 0.15) is 25.7 Å². The molecule has 1 heterocycles. The Labute approximate surface area is 92.0 Å². The van der Waals surface area contributed by atoms with Crippen molar-refractivity contribution in [2.24, 2.45) is 0 Å². The second-order valence-corrected chi connectivity index (χ2v) is 4.64. The van der Waals surface area contributed by atoms with Crippen LogP contribution in [0.5, 0.6) is 0 Å². The lowest BCUT2D eigenvalue weighted by Crippen LogP contribution is -2.47. The summed E-state index contributed by atoms with van der Waals surface area (Å²) in [6.07, 6.45) is 1.11. The van der Waals surface area contributed by atoms with Crippen LogP contribution in [0.15, 0.2) is 0 Å². The number of rotatable bonds is 4. The third kappa shape index (κ3) is 2.32. The van der Waals surface area contributed by atoms with Crippen LogP contribution in [0.4, 0.5) is 8.78 Å². The molecule has 0 bridgehead atoms. The Balaban J connectivity index is 1.70. The van der Waals surface area contributed by atoms with Crippen LogP contribution in [0.25, 0.3) is 0 Å². The average molecular weight is 235 g/mol. The lowest BCUT2D eigenvalue weighted by molar-refractivity contribution is -0.159. The number of nitrogens with one attached hydrogen (secondary N) is 1. The van der Waals surface area contributed by atoms with Gasteiger partial charge < -0.3 is 15.2 Å². The van der Waals surface area contributed by atoms with Crippen molar-refractivity contribution in [3.8, 4) is 0 Å². The number of hydrogen-bond donors (Lipinski definition) is 2. The summed E-state index contributed by atoms with van der Waals surface area (Å²) in [6, 6.07) is 0. The van der Waals surface area contributed by atoms with Gasteiger partial charge in [0.25, 0.3) is 0 Å². The first-order chi connectivity index (χ1) is 7.41. The van der Waals surface area contributed by atoms with Crippen LogP contribution in [0.2, 0.25) is 0 Å². The highest BCUT2D eigenvalue weighted by Crippen LogP contribution is 2.32. The van der Waals surface area contributed by atoms with Crippen molar-refractivity contribution >= 4 is 5.97 Å². The van der Waals surface area contributed by atoms with Gasteiger partial charge >= 0.3 is 11.9 Å². The van der Waals surface area contributed by atoms with Gasteiger partial charge in [-0.15, -0.1) is 0 Å². The van der Waals surface area contributed by atoms with Crippen LogP contribution < -0.4 is 5.32 Å². The maximum absolute atomic E-state index is 12.8. The van der Waals surface area contributed by atoms with Gasteiger partial charge in [-0.05, 0) is 19.3 Å². The molecule has 0 aromatic carbocycles. The molecule has 2 N–H and O–H groups in total. The van der Waals surface area contributed by atoms with E-state index < -0.39 is 30.0 Å². The van der Waals surface area contributed by atoms with E-state index in [1.54, 1.807) is 0 Å². The number of ether oxygens (including phenoxy) is 1. The first-order valence-electron chi connectivity index (χ1n) is 5.43. The zero-order valence-corrected chi connectivity index (χ0v) is 8.84. The molecule has 16 heavy (non-hydrogen) atoms. The second-order valence-electron chi connectivity index (χ2n) is 4.64. The van der Waals surface area contributed by atoms with Gasteiger partial charge in [0.1, 0.15) is 6.10 Å². The molecule has 1 aliphatic heterocycles. The van der Waals surface area contributed by atoms with Crippen molar-refractivity contribution in [2.45, 2.75) is 43.3 Å². The summed E-state index contributed by atoms with van der Waals surface area (Å²) in [5.41, 5.74) is -0.689. The zero-order chi connectivity index (χ0) is 11.8. The number of esters is 1. The van der Waals surface area contributed by atoms with Crippen molar-refractivity contribution < 1.29 is 23.4 Å². The normalized spacial score (nSPS) is 30.9. The van der Waals surface area contributed by atoms with E-state index in [0.29, 0.717) is 6.54 Å². The van der Waals surface area contributed by atoms with Crippen LogP contribution in [0, 0.1) is 0 Å². The molecule has 4 nitrogen and oxygen atoms in total. The molecular formula is C10H15F2NO3. The van der Waals surface area contributed by atoms with Gasteiger partial charge in [0, 0.05) is 13.1 Å². The van der Waals surface area contributed by atoms with E-state index in [2.05, 4.69) is 10.1 Å². The molecule has 2 fully saturated rings. The molecule has 6 heteroatoms. The SMILES string of the molecule is O=C1OC(CNCC2(O)CCC2)CC1(F)F. The summed E-state index contributed by atoms with van der Waals surface area (Å²) < 4.78 is 30.1. The van der Waals surface area contributed by atoms with Gasteiger partial charge in [0.15, 0.2) is 0 Å². The van der Waals surface area contributed by atoms with Gasteiger partial charge in [-0.25, -0.2) is 4.79 Å². The molecule has 2 rings (SSSR count). The molecule has 1 saturated carbocycles. The molecular weight excluding hydrogens is 220 g/mol. The summed E-state index contributed by atoms with van der Waals surface area (Å²) in [5, 5.41) is 12.6. The average Bonchev–Trinajstić information content (AvgIpc) is 2.38. The number of cyclic esters (lactones) is 1. The molecule has 0 aromatic heterocycles. The van der Waals surface area contributed by atoms with E-state index in [-0.39, 0.29) is 6.54 Å². The predicted molar refractivity (Wildman–Crippen MR) is 51.1 cm³/mol. The maximum atomic E-state index is 12.8. The topological polar surface area (TPSA) is 58.6 Å². The first kappa shape index (κ1) is 11.7. The number of alkyl halides is 2. The van der Waals surface area contributed by atoms with Crippen LogP contribution in [-0.2, 0) is 9.53 Å². The lowest BCUT2D eigenvalue weighted by Gasteiger charge is -2.36. The summed E-state index contributed by atoms with van der Waals surface area (Å²) >= 11 is 0. The number of carbonyl (C=O) groups is 1. The molecule has 0 amide bonds. The highest BCUT2D eigenvalue weighted by molar-refractivity contribution is 5.79. The third-order valence-electron chi connectivity index (χ3n) is 3.17. The molecule has 0 aromatic rings. The maximum Gasteiger partial charge on any atom is 0.377 e. The van der Waals surface area contributed by atoms with Crippen molar-refractivity contribution in [3.63, 3.8) is 0 Å². The van der Waals surface area contributed by atoms with Gasteiger partial charge in [0.2, 0.25) is 0 Å². The quantitative estimate of drug-likeness (QED) is 0.694. The molecule has 1 aliphatic carbocycles. The Morgan fingerprint density at radius 2 is 2.19 bits per heavy atom. The second kappa shape index (κ2) is 3.92. The van der Waals surface area contributed by atoms with Gasteiger partial charge in [-0.1, -0.05) is 0 Å². The highest BCUT2D eigenvalue weighted by Gasteiger charge is 2.50. The van der Waals surface area contributed by atoms with Crippen molar-refractivity contribution in [1.82, 2.24) is 5.32 Å². The Morgan fingerprint density at radius 3 is 2.62 bits per heavy atom. The van der Waals surface area contributed by atoms with Crippen molar-refractivity contribution in [2.75, 3.05) is 13.1 Å². The largest absolute Gasteiger partial charge is 0.456 e. The van der Waals surface area contributed by atoms with E-state index in [1.807, 2.05) is 0 Å². The van der Waals surface area contributed by atoms with E-state index in [4.69, 9.17) is 0 Å². The summed E-state index contributed by atoms with van der Waals surface area (Å²) in [4.78, 5) is 10.7. The fourth-order valence-corrected chi connectivity index (χ4v) is 1.99.